The van der Waals surface area contributed by atoms with Crippen molar-refractivity contribution in [3.63, 3.8) is 0 Å². The Bertz CT molecular complexity index is 1500. The van der Waals surface area contributed by atoms with Crippen LogP contribution in [0.5, 0.6) is 5.75 Å². The quantitative estimate of drug-likeness (QED) is 0.323. The minimum Gasteiger partial charge on any atom is -0.508 e. The van der Waals surface area contributed by atoms with E-state index in [2.05, 4.69) is 20.6 Å². The van der Waals surface area contributed by atoms with E-state index in [0.717, 1.165) is 18.4 Å². The number of phenols is 1. The minimum atomic E-state index is -0.824. The summed E-state index contributed by atoms with van der Waals surface area (Å²) >= 11 is 7.36. The number of benzene rings is 1. The van der Waals surface area contributed by atoms with Gasteiger partial charge in [0, 0.05) is 37.8 Å². The molecule has 38 heavy (non-hydrogen) atoms. The largest absolute Gasteiger partial charge is 0.508 e. The number of carbonyl (C=O) groups excluding carboxylic acids is 3. The standard InChI is InChI=1S/C26H25ClN6O4S/c1-28-23(35)18(11-15-4-7-17(34)8-5-15)30-24(36)20-14-38-25(31-20)21-3-2-10-33(21)26(37)19-13-32-12-16(27)6-9-22(32)29-19/h4-9,12-14,18,21,34H,2-3,10-11H2,1H3,(H,28,35)(H,30,36)/t18-,21-/m0/s1. The number of likely N-dealkylation sites (tertiary alicyclic amines) is 1. The summed E-state index contributed by atoms with van der Waals surface area (Å²) < 4.78 is 1.72. The molecule has 0 unspecified atom stereocenters. The third-order valence-electron chi connectivity index (χ3n) is 6.43. The maximum absolute atomic E-state index is 13.3. The Morgan fingerprint density at radius 3 is 2.68 bits per heavy atom. The number of halogens is 1. The van der Waals surface area contributed by atoms with Crippen molar-refractivity contribution in [1.29, 1.82) is 0 Å². The number of aromatic nitrogens is 3. The number of hydrogen-bond acceptors (Lipinski definition) is 7. The molecule has 1 aliphatic heterocycles. The number of phenolic OH excluding ortho intramolecular Hbond substituents is 1. The molecule has 4 aromatic rings. The molecule has 3 aromatic heterocycles. The third-order valence-corrected chi connectivity index (χ3v) is 7.60. The first-order valence-electron chi connectivity index (χ1n) is 12.0. The van der Waals surface area contributed by atoms with Crippen LogP contribution in [0, 0.1) is 0 Å². The van der Waals surface area contributed by atoms with Gasteiger partial charge in [0.15, 0.2) is 0 Å². The molecule has 0 spiro atoms. The van der Waals surface area contributed by atoms with Crippen LogP contribution < -0.4 is 10.6 Å². The minimum absolute atomic E-state index is 0.120. The van der Waals surface area contributed by atoms with Gasteiger partial charge >= 0.3 is 0 Å². The highest BCUT2D eigenvalue weighted by Gasteiger charge is 2.34. The van der Waals surface area contributed by atoms with Crippen LogP contribution in [0.1, 0.15) is 50.4 Å². The summed E-state index contributed by atoms with van der Waals surface area (Å²) in [5, 5.41) is 17.7. The topological polar surface area (TPSA) is 129 Å². The van der Waals surface area contributed by atoms with Crippen molar-refractivity contribution in [2.75, 3.05) is 13.6 Å². The SMILES string of the molecule is CNC(=O)[C@H](Cc1ccc(O)cc1)NC(=O)c1csc([C@@H]2CCCN2C(=O)c2cn3cc(Cl)ccc3n2)n1. The second kappa shape index (κ2) is 10.8. The second-order valence-corrected chi connectivity index (χ2v) is 10.3. The van der Waals surface area contributed by atoms with Gasteiger partial charge in [0.1, 0.15) is 33.8 Å². The molecule has 3 amide bonds. The van der Waals surface area contributed by atoms with Gasteiger partial charge in [-0.1, -0.05) is 23.7 Å². The van der Waals surface area contributed by atoms with Crippen LogP contribution in [-0.4, -0.2) is 61.7 Å². The summed E-state index contributed by atoms with van der Waals surface area (Å²) in [4.78, 5) is 49.5. The highest BCUT2D eigenvalue weighted by atomic mass is 35.5. The van der Waals surface area contributed by atoms with E-state index in [0.29, 0.717) is 27.9 Å². The van der Waals surface area contributed by atoms with Crippen LogP contribution in [0.3, 0.4) is 0 Å². The Balaban J connectivity index is 1.30. The highest BCUT2D eigenvalue weighted by Crippen LogP contribution is 2.35. The van der Waals surface area contributed by atoms with Gasteiger partial charge in [-0.3, -0.25) is 14.4 Å². The molecular formula is C26H25ClN6O4S. The number of hydrogen-bond donors (Lipinski definition) is 3. The lowest BCUT2D eigenvalue weighted by Crippen LogP contribution is -2.47. The van der Waals surface area contributed by atoms with Gasteiger partial charge < -0.3 is 25.0 Å². The van der Waals surface area contributed by atoms with Crippen molar-refractivity contribution in [1.82, 2.24) is 29.9 Å². The number of rotatable bonds is 7. The molecule has 0 aliphatic carbocycles. The predicted octanol–water partition coefficient (Wildman–Crippen LogP) is 3.21. The molecule has 196 valence electrons. The first-order valence-corrected chi connectivity index (χ1v) is 13.3. The van der Waals surface area contributed by atoms with Gasteiger partial charge in [-0.2, -0.15) is 0 Å². The van der Waals surface area contributed by atoms with Crippen molar-refractivity contribution in [2.45, 2.75) is 31.3 Å². The number of nitrogens with zero attached hydrogens (tertiary/aromatic N) is 4. The summed E-state index contributed by atoms with van der Waals surface area (Å²) in [5.41, 5.74) is 1.91. The maximum Gasteiger partial charge on any atom is 0.274 e. The summed E-state index contributed by atoms with van der Waals surface area (Å²) in [6.07, 6.45) is 5.13. The first kappa shape index (κ1) is 25.7. The molecule has 0 bridgehead atoms. The summed E-state index contributed by atoms with van der Waals surface area (Å²) in [5.74, 6) is -0.910. The van der Waals surface area contributed by atoms with E-state index in [-0.39, 0.29) is 35.7 Å². The van der Waals surface area contributed by atoms with E-state index in [4.69, 9.17) is 11.6 Å². The van der Waals surface area contributed by atoms with Crippen molar-refractivity contribution >= 4 is 46.3 Å². The molecular weight excluding hydrogens is 528 g/mol. The zero-order chi connectivity index (χ0) is 26.8. The van der Waals surface area contributed by atoms with Crippen molar-refractivity contribution < 1.29 is 19.5 Å². The van der Waals surface area contributed by atoms with Crippen LogP contribution in [0.2, 0.25) is 5.02 Å². The molecule has 1 fully saturated rings. The number of aromatic hydroxyl groups is 1. The van der Waals surface area contributed by atoms with Crippen LogP contribution in [-0.2, 0) is 11.2 Å². The van der Waals surface area contributed by atoms with E-state index in [1.807, 2.05) is 0 Å². The number of pyridine rings is 1. The summed E-state index contributed by atoms with van der Waals surface area (Å²) in [7, 11) is 1.50. The molecule has 1 aromatic carbocycles. The lowest BCUT2D eigenvalue weighted by atomic mass is 10.0. The number of nitrogens with one attached hydrogen (secondary N) is 2. The molecule has 12 heteroatoms. The summed E-state index contributed by atoms with van der Waals surface area (Å²) in [6, 6.07) is 8.83. The summed E-state index contributed by atoms with van der Waals surface area (Å²) in [6.45, 7) is 0.560. The smallest absolute Gasteiger partial charge is 0.274 e. The molecule has 5 rings (SSSR count). The zero-order valence-corrected chi connectivity index (χ0v) is 22.0. The van der Waals surface area contributed by atoms with Crippen LogP contribution in [0.25, 0.3) is 5.65 Å². The monoisotopic (exact) mass is 552 g/mol. The molecule has 0 saturated carbocycles. The average molecular weight is 553 g/mol. The van der Waals surface area contributed by atoms with Gasteiger partial charge in [0.2, 0.25) is 5.91 Å². The molecule has 0 radical (unpaired) electrons. The van der Waals surface area contributed by atoms with E-state index in [1.165, 1.54) is 30.5 Å². The van der Waals surface area contributed by atoms with E-state index >= 15 is 0 Å². The second-order valence-electron chi connectivity index (χ2n) is 8.98. The maximum atomic E-state index is 13.3. The van der Waals surface area contributed by atoms with Crippen molar-refractivity contribution in [3.05, 3.63) is 81.2 Å². The third kappa shape index (κ3) is 5.34. The number of likely N-dealkylation sites (N-methyl/N-ethyl adjacent to an activating group) is 1. The lowest BCUT2D eigenvalue weighted by Gasteiger charge is -2.22. The average Bonchev–Trinajstić information content (AvgIpc) is 3.67. The van der Waals surface area contributed by atoms with Crippen molar-refractivity contribution in [3.8, 4) is 5.75 Å². The predicted molar refractivity (Wildman–Crippen MR) is 142 cm³/mol. The van der Waals surface area contributed by atoms with E-state index in [1.54, 1.807) is 51.3 Å². The molecule has 1 saturated heterocycles. The molecule has 2 atom stereocenters. The fraction of sp³-hybridized carbons (Fsp3) is 0.269. The number of imidazole rings is 1. The normalized spacial score (nSPS) is 15.9. The molecule has 3 N–H and O–H groups in total. The van der Waals surface area contributed by atoms with Gasteiger partial charge in [-0.05, 0) is 42.7 Å². The number of amides is 3. The Morgan fingerprint density at radius 2 is 1.92 bits per heavy atom. The number of carbonyl (C=O) groups is 3. The van der Waals surface area contributed by atoms with Crippen molar-refractivity contribution in [2.24, 2.45) is 0 Å². The van der Waals surface area contributed by atoms with Crippen LogP contribution >= 0.6 is 22.9 Å². The van der Waals surface area contributed by atoms with Gasteiger partial charge in [-0.25, -0.2) is 9.97 Å². The number of fused-ring (bicyclic) bond motifs is 1. The fourth-order valence-corrected chi connectivity index (χ4v) is 5.62. The Kier molecular flexibility index (Phi) is 7.30. The van der Waals surface area contributed by atoms with Crippen LogP contribution in [0.15, 0.2) is 54.2 Å². The van der Waals surface area contributed by atoms with Gasteiger partial charge in [0.05, 0.1) is 11.1 Å². The van der Waals surface area contributed by atoms with Gasteiger partial charge in [0.25, 0.3) is 11.8 Å². The number of thiazole rings is 1. The zero-order valence-electron chi connectivity index (χ0n) is 20.4. The Labute approximate surface area is 227 Å². The molecule has 4 heterocycles. The first-order chi connectivity index (χ1) is 18.3. The Hall–Kier alpha value is -3.96. The Morgan fingerprint density at radius 1 is 1.13 bits per heavy atom. The van der Waals surface area contributed by atoms with Gasteiger partial charge in [-0.15, -0.1) is 11.3 Å². The molecule has 1 aliphatic rings. The molecule has 10 nitrogen and oxygen atoms in total. The highest BCUT2D eigenvalue weighted by molar-refractivity contribution is 7.09. The fourth-order valence-electron chi connectivity index (χ4n) is 4.51. The van der Waals surface area contributed by atoms with E-state index < -0.39 is 11.9 Å². The van der Waals surface area contributed by atoms with E-state index in [9.17, 15) is 19.5 Å². The van der Waals surface area contributed by atoms with Crippen LogP contribution in [0.4, 0.5) is 0 Å². The lowest BCUT2D eigenvalue weighted by molar-refractivity contribution is -0.122.